The number of nitrogens with one attached hydrogen (secondary N) is 3. The molecule has 1 amide bonds. The molecule has 1 aliphatic rings. The fourth-order valence-corrected chi connectivity index (χ4v) is 4.93. The molecule has 4 rings (SSSR count). The van der Waals surface area contributed by atoms with Gasteiger partial charge in [-0.25, -0.2) is 13.4 Å². The maximum atomic E-state index is 12.7. The lowest BCUT2D eigenvalue weighted by atomic mass is 10.1. The monoisotopic (exact) mass is 530 g/mol. The molecule has 0 spiro atoms. The van der Waals surface area contributed by atoms with Crippen molar-refractivity contribution >= 4 is 27.8 Å². The Hall–Kier alpha value is -3.94. The Morgan fingerprint density at radius 3 is 2.62 bits per heavy atom. The van der Waals surface area contributed by atoms with E-state index in [1.54, 1.807) is 36.5 Å². The van der Waals surface area contributed by atoms with Gasteiger partial charge in [0.05, 0.1) is 4.90 Å². The zero-order chi connectivity index (χ0) is 26.6. The summed E-state index contributed by atoms with van der Waals surface area (Å²) in [5.74, 6) is -0.868. The van der Waals surface area contributed by atoms with Crippen LogP contribution in [0.5, 0.6) is 11.5 Å². The van der Waals surface area contributed by atoms with Crippen LogP contribution in [0.4, 0.5) is 5.95 Å². The van der Waals surface area contributed by atoms with E-state index < -0.39 is 40.1 Å². The highest BCUT2D eigenvalue weighted by atomic mass is 32.2. The molecule has 196 valence electrons. The highest BCUT2D eigenvalue weighted by Gasteiger charge is 2.35. The molecule has 37 heavy (non-hydrogen) atoms. The van der Waals surface area contributed by atoms with Crippen molar-refractivity contribution in [2.24, 2.45) is 0 Å². The van der Waals surface area contributed by atoms with E-state index in [9.17, 15) is 23.1 Å². The van der Waals surface area contributed by atoms with Crippen molar-refractivity contribution in [3.8, 4) is 11.5 Å². The van der Waals surface area contributed by atoms with E-state index in [0.29, 0.717) is 17.1 Å². The quantitative estimate of drug-likeness (QED) is 0.303. The van der Waals surface area contributed by atoms with Crippen LogP contribution in [0.2, 0.25) is 0 Å². The largest absolute Gasteiger partial charge is 0.486 e. The summed E-state index contributed by atoms with van der Waals surface area (Å²) in [6.07, 6.45) is 1.17. The molecule has 13 heteroatoms. The van der Waals surface area contributed by atoms with E-state index in [2.05, 4.69) is 20.0 Å². The number of aromatic nitrogens is 2. The molecule has 12 nitrogen and oxygen atoms in total. The molecule has 3 atom stereocenters. The van der Waals surface area contributed by atoms with Crippen LogP contribution >= 0.6 is 0 Å². The third-order valence-electron chi connectivity index (χ3n) is 5.65. The molecule has 1 aliphatic heterocycles. The van der Waals surface area contributed by atoms with Gasteiger partial charge in [-0.2, -0.15) is 4.72 Å². The number of aromatic amines is 1. The van der Waals surface area contributed by atoms with Gasteiger partial charge in [0, 0.05) is 19.5 Å². The smallest absolute Gasteiger partial charge is 0.322 e. The minimum absolute atomic E-state index is 0.0110. The summed E-state index contributed by atoms with van der Waals surface area (Å²) in [5.41, 5.74) is 1.39. The summed E-state index contributed by atoms with van der Waals surface area (Å²) in [6, 6.07) is 9.43. The van der Waals surface area contributed by atoms with E-state index in [0.717, 1.165) is 5.56 Å². The number of sulfonamides is 1. The Balaban J connectivity index is 1.44. The Morgan fingerprint density at radius 1 is 1.22 bits per heavy atom. The van der Waals surface area contributed by atoms with Gasteiger partial charge >= 0.3 is 5.97 Å². The van der Waals surface area contributed by atoms with E-state index in [1.165, 1.54) is 25.4 Å². The highest BCUT2D eigenvalue weighted by molar-refractivity contribution is 7.89. The third-order valence-corrected chi connectivity index (χ3v) is 7.13. The Bertz CT molecular complexity index is 1360. The molecule has 0 saturated carbocycles. The van der Waals surface area contributed by atoms with Gasteiger partial charge in [0.25, 0.3) is 5.91 Å². The maximum Gasteiger partial charge on any atom is 0.322 e. The second-order valence-electron chi connectivity index (χ2n) is 8.36. The van der Waals surface area contributed by atoms with Crippen molar-refractivity contribution in [2.75, 3.05) is 19.0 Å². The van der Waals surface area contributed by atoms with Crippen LogP contribution in [-0.4, -0.2) is 67.3 Å². The topological polar surface area (TPSA) is 169 Å². The van der Waals surface area contributed by atoms with Gasteiger partial charge in [0.2, 0.25) is 16.0 Å². The van der Waals surface area contributed by atoms with E-state index in [1.807, 2.05) is 6.92 Å². The number of anilines is 1. The molecule has 2 aromatic carbocycles. The first kappa shape index (κ1) is 26.1. The number of aliphatic carboxylic acids is 1. The lowest BCUT2D eigenvalue weighted by molar-refractivity contribution is -0.139. The summed E-state index contributed by atoms with van der Waals surface area (Å²) in [7, 11) is -2.68. The van der Waals surface area contributed by atoms with Crippen molar-refractivity contribution in [1.29, 1.82) is 0 Å². The zero-order valence-electron chi connectivity index (χ0n) is 20.0. The minimum Gasteiger partial charge on any atom is -0.486 e. The van der Waals surface area contributed by atoms with Crippen LogP contribution in [0.25, 0.3) is 0 Å². The number of carboxylic acids is 1. The first-order valence-electron chi connectivity index (χ1n) is 11.2. The summed E-state index contributed by atoms with van der Waals surface area (Å²) in [5, 5.41) is 12.2. The van der Waals surface area contributed by atoms with Crippen molar-refractivity contribution < 1.29 is 37.3 Å². The van der Waals surface area contributed by atoms with Crippen molar-refractivity contribution in [3.05, 3.63) is 66.0 Å². The maximum absolute atomic E-state index is 12.7. The molecule has 3 unspecified atom stereocenters. The molecule has 4 N–H and O–H groups in total. The van der Waals surface area contributed by atoms with Gasteiger partial charge in [-0.1, -0.05) is 23.8 Å². The number of benzene rings is 2. The number of aryl methyl sites for hydroxylation is 1. The number of imidazole rings is 1. The SMILES string of the molecule is COC(C(=O)Nc1ncc[nH]1)C1COc2cc(CC(NS(=O)(=O)c3ccc(C)cc3)C(=O)O)ccc2O1. The zero-order valence-corrected chi connectivity index (χ0v) is 20.8. The summed E-state index contributed by atoms with van der Waals surface area (Å²) in [6.45, 7) is 1.81. The van der Waals surface area contributed by atoms with Crippen molar-refractivity contribution in [2.45, 2.75) is 36.5 Å². The van der Waals surface area contributed by atoms with Crippen LogP contribution in [-0.2, 0) is 30.8 Å². The molecule has 3 aromatic rings. The predicted octanol–water partition coefficient (Wildman–Crippen LogP) is 1.49. The first-order valence-corrected chi connectivity index (χ1v) is 12.7. The number of methoxy groups -OCH3 is 1. The van der Waals surface area contributed by atoms with Gasteiger partial charge in [-0.05, 0) is 43.2 Å². The Kier molecular flexibility index (Phi) is 7.76. The molecular weight excluding hydrogens is 504 g/mol. The Morgan fingerprint density at radius 2 is 1.97 bits per heavy atom. The normalized spacial score (nSPS) is 16.5. The first-order chi connectivity index (χ1) is 17.7. The number of carboxylic acid groups (broad SMARTS) is 1. The highest BCUT2D eigenvalue weighted by Crippen LogP contribution is 2.34. The number of nitrogens with zero attached hydrogens (tertiary/aromatic N) is 1. The minimum atomic E-state index is -4.05. The lowest BCUT2D eigenvalue weighted by Crippen LogP contribution is -2.47. The van der Waals surface area contributed by atoms with Crippen LogP contribution in [0.15, 0.2) is 59.8 Å². The summed E-state index contributed by atoms with van der Waals surface area (Å²) < 4.78 is 44.6. The number of amides is 1. The van der Waals surface area contributed by atoms with Crippen molar-refractivity contribution in [3.63, 3.8) is 0 Å². The molecule has 0 bridgehead atoms. The second kappa shape index (κ2) is 11.0. The van der Waals surface area contributed by atoms with Gasteiger partial charge in [0.1, 0.15) is 12.6 Å². The standard InChI is InChI=1S/C24H26N4O8S/c1-14-3-6-16(7-4-14)37(32,33)28-17(23(30)31)11-15-5-8-18-19(12-15)35-13-20(36-18)21(34-2)22(29)27-24-25-9-10-26-24/h3-10,12,17,20-21,28H,11,13H2,1-2H3,(H,30,31)(H2,25,26,27,29). The predicted molar refractivity (Wildman–Crippen MR) is 131 cm³/mol. The fourth-order valence-electron chi connectivity index (χ4n) is 3.74. The molecular formula is C24H26N4O8S. The molecule has 1 aromatic heterocycles. The number of H-pyrrole nitrogens is 1. The third kappa shape index (κ3) is 6.25. The fraction of sp³-hybridized carbons (Fsp3) is 0.292. The number of hydrogen-bond acceptors (Lipinski definition) is 8. The van der Waals surface area contributed by atoms with Gasteiger partial charge in [0.15, 0.2) is 23.7 Å². The van der Waals surface area contributed by atoms with Gasteiger partial charge in [-0.3, -0.25) is 14.9 Å². The summed E-state index contributed by atoms with van der Waals surface area (Å²) in [4.78, 5) is 31.1. The molecule has 0 radical (unpaired) electrons. The average Bonchev–Trinajstić information content (AvgIpc) is 3.37. The molecule has 0 fully saturated rings. The number of carbonyl (C=O) groups is 2. The van der Waals surface area contributed by atoms with E-state index in [4.69, 9.17) is 14.2 Å². The number of ether oxygens (including phenoxy) is 3. The second-order valence-corrected chi connectivity index (χ2v) is 10.1. The average molecular weight is 531 g/mol. The number of hydrogen-bond donors (Lipinski definition) is 4. The Labute approximate surface area is 213 Å². The lowest BCUT2D eigenvalue weighted by Gasteiger charge is -2.31. The van der Waals surface area contributed by atoms with Crippen LogP contribution in [0.3, 0.4) is 0 Å². The van der Waals surface area contributed by atoms with E-state index in [-0.39, 0.29) is 23.9 Å². The molecule has 2 heterocycles. The number of fused-ring (bicyclic) bond motifs is 1. The van der Waals surface area contributed by atoms with Crippen LogP contribution < -0.4 is 19.5 Å². The number of carbonyl (C=O) groups excluding carboxylic acids is 1. The van der Waals surface area contributed by atoms with E-state index >= 15 is 0 Å². The summed E-state index contributed by atoms with van der Waals surface area (Å²) >= 11 is 0. The molecule has 0 saturated heterocycles. The van der Waals surface area contributed by atoms with Crippen LogP contribution in [0, 0.1) is 6.92 Å². The van der Waals surface area contributed by atoms with Crippen LogP contribution in [0.1, 0.15) is 11.1 Å². The van der Waals surface area contributed by atoms with Gasteiger partial charge < -0.3 is 24.3 Å². The van der Waals surface area contributed by atoms with Gasteiger partial charge in [-0.15, -0.1) is 0 Å². The van der Waals surface area contributed by atoms with Crippen molar-refractivity contribution in [1.82, 2.24) is 14.7 Å². The molecule has 0 aliphatic carbocycles. The number of rotatable bonds is 10.